The van der Waals surface area contributed by atoms with Gasteiger partial charge in [-0.25, -0.2) is 14.8 Å². The standard InChI is InChI=1S/C23H38N6O3/c1-5-24-19-16-20(26-17-25-19)27-10-8-18(9-11-27)6-7-21(30)28-12-14-29(15-13-28)22(31)32-23(2,3)4/h16-18H,5-15H2,1-4H3,(H,24,25,26). The van der Waals surface area contributed by atoms with Crippen LogP contribution in [-0.2, 0) is 9.53 Å². The molecule has 2 aliphatic heterocycles. The number of aromatic nitrogens is 2. The third-order valence-corrected chi connectivity index (χ3v) is 6.00. The van der Waals surface area contributed by atoms with E-state index in [-0.39, 0.29) is 12.0 Å². The Hall–Kier alpha value is -2.58. The second-order valence-electron chi connectivity index (χ2n) is 9.61. The number of rotatable bonds is 6. The molecule has 9 heteroatoms. The zero-order valence-electron chi connectivity index (χ0n) is 20.0. The van der Waals surface area contributed by atoms with Crippen LogP contribution in [0.15, 0.2) is 12.4 Å². The summed E-state index contributed by atoms with van der Waals surface area (Å²) in [6.07, 6.45) is 4.96. The number of hydrogen-bond donors (Lipinski definition) is 1. The van der Waals surface area contributed by atoms with Gasteiger partial charge in [-0.2, -0.15) is 0 Å². The van der Waals surface area contributed by atoms with Crippen molar-refractivity contribution in [3.63, 3.8) is 0 Å². The van der Waals surface area contributed by atoms with Crippen LogP contribution in [0.4, 0.5) is 16.4 Å². The van der Waals surface area contributed by atoms with Crippen molar-refractivity contribution in [1.82, 2.24) is 19.8 Å². The summed E-state index contributed by atoms with van der Waals surface area (Å²) in [5, 5.41) is 3.23. The van der Waals surface area contributed by atoms with Gasteiger partial charge in [0, 0.05) is 58.3 Å². The Morgan fingerprint density at radius 1 is 1.06 bits per heavy atom. The van der Waals surface area contributed by atoms with Crippen molar-refractivity contribution in [2.45, 2.75) is 59.0 Å². The molecule has 2 aliphatic rings. The molecule has 0 spiro atoms. The maximum atomic E-state index is 12.7. The number of carbonyl (C=O) groups excluding carboxylic acids is 2. The van der Waals surface area contributed by atoms with Crippen molar-refractivity contribution < 1.29 is 14.3 Å². The first-order chi connectivity index (χ1) is 15.2. The Bertz CT molecular complexity index is 765. The second kappa shape index (κ2) is 10.8. The topological polar surface area (TPSA) is 90.9 Å². The highest BCUT2D eigenvalue weighted by Gasteiger charge is 2.28. The molecule has 0 bridgehead atoms. The van der Waals surface area contributed by atoms with Crippen LogP contribution >= 0.6 is 0 Å². The van der Waals surface area contributed by atoms with Gasteiger partial charge in [0.05, 0.1) is 0 Å². The molecule has 1 N–H and O–H groups in total. The summed E-state index contributed by atoms with van der Waals surface area (Å²) in [4.78, 5) is 39.4. The molecular weight excluding hydrogens is 408 g/mol. The largest absolute Gasteiger partial charge is 0.444 e. The van der Waals surface area contributed by atoms with Crippen molar-refractivity contribution in [2.24, 2.45) is 5.92 Å². The van der Waals surface area contributed by atoms with E-state index in [9.17, 15) is 9.59 Å². The number of piperidine rings is 1. The van der Waals surface area contributed by atoms with E-state index in [1.54, 1.807) is 11.2 Å². The first-order valence-electron chi connectivity index (χ1n) is 11.8. The average Bonchev–Trinajstić information content (AvgIpc) is 2.77. The predicted molar refractivity (Wildman–Crippen MR) is 125 cm³/mol. The third-order valence-electron chi connectivity index (χ3n) is 6.00. The van der Waals surface area contributed by atoms with Crippen LogP contribution in [0.2, 0.25) is 0 Å². The summed E-state index contributed by atoms with van der Waals surface area (Å²) in [5.74, 6) is 2.58. The van der Waals surface area contributed by atoms with Gasteiger partial charge < -0.3 is 24.8 Å². The molecule has 3 rings (SSSR count). The van der Waals surface area contributed by atoms with Gasteiger partial charge in [0.2, 0.25) is 5.91 Å². The number of amides is 2. The lowest BCUT2D eigenvalue weighted by atomic mass is 9.92. The van der Waals surface area contributed by atoms with Crippen LogP contribution in [0, 0.1) is 5.92 Å². The van der Waals surface area contributed by atoms with Crippen LogP contribution in [0.3, 0.4) is 0 Å². The zero-order chi connectivity index (χ0) is 23.1. The van der Waals surface area contributed by atoms with E-state index in [0.717, 1.165) is 50.5 Å². The van der Waals surface area contributed by atoms with Crippen LogP contribution in [-0.4, -0.2) is 83.2 Å². The van der Waals surface area contributed by atoms with Crippen molar-refractivity contribution in [1.29, 1.82) is 0 Å². The Balaban J connectivity index is 1.37. The number of nitrogens with one attached hydrogen (secondary N) is 1. The number of piperazine rings is 1. The first kappa shape index (κ1) is 24.1. The maximum Gasteiger partial charge on any atom is 0.410 e. The van der Waals surface area contributed by atoms with E-state index in [1.807, 2.05) is 31.7 Å². The minimum atomic E-state index is -0.498. The van der Waals surface area contributed by atoms with Crippen LogP contribution < -0.4 is 10.2 Å². The summed E-state index contributed by atoms with van der Waals surface area (Å²) in [6.45, 7) is 12.6. The van der Waals surface area contributed by atoms with Gasteiger partial charge in [0.1, 0.15) is 23.6 Å². The van der Waals surface area contributed by atoms with E-state index in [0.29, 0.717) is 38.5 Å². The number of nitrogens with zero attached hydrogens (tertiary/aromatic N) is 5. The normalized spacial score (nSPS) is 17.9. The molecule has 0 saturated carbocycles. The third kappa shape index (κ3) is 6.97. The molecule has 0 aromatic carbocycles. The summed E-state index contributed by atoms with van der Waals surface area (Å²) >= 11 is 0. The van der Waals surface area contributed by atoms with Crippen molar-refractivity contribution in [3.05, 3.63) is 12.4 Å². The van der Waals surface area contributed by atoms with E-state index in [1.165, 1.54) is 0 Å². The fourth-order valence-electron chi connectivity index (χ4n) is 4.20. The highest BCUT2D eigenvalue weighted by Crippen LogP contribution is 2.26. The minimum absolute atomic E-state index is 0.197. The molecule has 3 heterocycles. The number of carbonyl (C=O) groups is 2. The van der Waals surface area contributed by atoms with Crippen LogP contribution in [0.1, 0.15) is 53.4 Å². The van der Waals surface area contributed by atoms with Crippen molar-refractivity contribution >= 4 is 23.6 Å². The number of hydrogen-bond acceptors (Lipinski definition) is 7. The fraction of sp³-hybridized carbons (Fsp3) is 0.739. The molecule has 178 valence electrons. The predicted octanol–water partition coefficient (Wildman–Crippen LogP) is 2.98. The monoisotopic (exact) mass is 446 g/mol. The number of ether oxygens (including phenoxy) is 1. The van der Waals surface area contributed by atoms with Gasteiger partial charge in [0.15, 0.2) is 0 Å². The van der Waals surface area contributed by atoms with Crippen molar-refractivity contribution in [2.75, 3.05) is 56.0 Å². The second-order valence-corrected chi connectivity index (χ2v) is 9.61. The lowest BCUT2D eigenvalue weighted by Gasteiger charge is -2.36. The molecule has 9 nitrogen and oxygen atoms in total. The molecule has 0 aliphatic carbocycles. The molecule has 32 heavy (non-hydrogen) atoms. The summed E-state index contributed by atoms with van der Waals surface area (Å²) in [6, 6.07) is 2.00. The Labute approximate surface area is 191 Å². The van der Waals surface area contributed by atoms with Gasteiger partial charge in [-0.15, -0.1) is 0 Å². The van der Waals surface area contributed by atoms with Gasteiger partial charge in [0.25, 0.3) is 0 Å². The maximum absolute atomic E-state index is 12.7. The molecule has 1 aromatic rings. The molecule has 2 amide bonds. The lowest BCUT2D eigenvalue weighted by Crippen LogP contribution is -2.51. The molecule has 1 aromatic heterocycles. The van der Waals surface area contributed by atoms with Gasteiger partial charge >= 0.3 is 6.09 Å². The lowest BCUT2D eigenvalue weighted by molar-refractivity contribution is -0.133. The molecule has 0 radical (unpaired) electrons. The van der Waals surface area contributed by atoms with Crippen LogP contribution in [0.25, 0.3) is 0 Å². The Kier molecular flexibility index (Phi) is 8.15. The van der Waals surface area contributed by atoms with E-state index >= 15 is 0 Å². The average molecular weight is 447 g/mol. The molecule has 0 atom stereocenters. The minimum Gasteiger partial charge on any atom is -0.444 e. The Morgan fingerprint density at radius 3 is 2.34 bits per heavy atom. The van der Waals surface area contributed by atoms with Gasteiger partial charge in [-0.05, 0) is 52.9 Å². The fourth-order valence-corrected chi connectivity index (χ4v) is 4.20. The highest BCUT2D eigenvalue weighted by molar-refractivity contribution is 5.76. The molecular formula is C23H38N6O3. The molecule has 0 unspecified atom stereocenters. The summed E-state index contributed by atoms with van der Waals surface area (Å²) in [7, 11) is 0. The smallest absolute Gasteiger partial charge is 0.410 e. The van der Waals surface area contributed by atoms with E-state index in [2.05, 4.69) is 27.1 Å². The number of anilines is 2. The zero-order valence-corrected chi connectivity index (χ0v) is 20.0. The summed E-state index contributed by atoms with van der Waals surface area (Å²) < 4.78 is 5.43. The molecule has 2 saturated heterocycles. The van der Waals surface area contributed by atoms with Gasteiger partial charge in [-0.3, -0.25) is 4.79 Å². The van der Waals surface area contributed by atoms with E-state index < -0.39 is 5.60 Å². The van der Waals surface area contributed by atoms with E-state index in [4.69, 9.17) is 4.74 Å². The Morgan fingerprint density at radius 2 is 1.72 bits per heavy atom. The van der Waals surface area contributed by atoms with Gasteiger partial charge in [-0.1, -0.05) is 0 Å². The van der Waals surface area contributed by atoms with Crippen LogP contribution in [0.5, 0.6) is 0 Å². The summed E-state index contributed by atoms with van der Waals surface area (Å²) in [5.41, 5.74) is -0.498. The quantitative estimate of drug-likeness (QED) is 0.718. The van der Waals surface area contributed by atoms with Crippen molar-refractivity contribution in [3.8, 4) is 0 Å². The SMILES string of the molecule is CCNc1cc(N2CCC(CCC(=O)N3CCN(C(=O)OC(C)(C)C)CC3)CC2)ncn1. The first-order valence-corrected chi connectivity index (χ1v) is 11.8. The highest BCUT2D eigenvalue weighted by atomic mass is 16.6. The molecule has 2 fully saturated rings.